The summed E-state index contributed by atoms with van der Waals surface area (Å²) in [6.45, 7) is 2.05. The molecule has 3 aromatic rings. The lowest BCUT2D eigenvalue weighted by Crippen LogP contribution is -2.10. The molecule has 0 bridgehead atoms. The molecule has 0 amide bonds. The number of carbonyl (C=O) groups excluding carboxylic acids is 1. The smallest absolute Gasteiger partial charge is 0.343 e. The van der Waals surface area contributed by atoms with E-state index in [1.165, 1.54) is 29.3 Å². The number of hydrogen-bond acceptors (Lipinski definition) is 8. The lowest BCUT2D eigenvalue weighted by Gasteiger charge is -2.09. The van der Waals surface area contributed by atoms with E-state index in [2.05, 4.69) is 20.3 Å². The average Bonchev–Trinajstić information content (AvgIpc) is 3.11. The number of nitrogens with one attached hydrogen (secondary N) is 1. The minimum absolute atomic E-state index is 0.288. The first-order valence-corrected chi connectivity index (χ1v) is 9.67. The lowest BCUT2D eigenvalue weighted by molar-refractivity contribution is 0.0526. The van der Waals surface area contributed by atoms with Crippen LogP contribution >= 0.6 is 23.1 Å². The van der Waals surface area contributed by atoms with Crippen molar-refractivity contribution in [1.29, 1.82) is 0 Å². The van der Waals surface area contributed by atoms with Crippen LogP contribution in [-0.2, 0) is 4.74 Å². The van der Waals surface area contributed by atoms with Crippen LogP contribution in [0.3, 0.4) is 0 Å². The number of thiazole rings is 1. The Hall–Kier alpha value is -2.45. The van der Waals surface area contributed by atoms with Gasteiger partial charge in [0.1, 0.15) is 5.56 Å². The van der Waals surface area contributed by atoms with Crippen molar-refractivity contribution in [1.82, 2.24) is 15.0 Å². The zero-order valence-corrected chi connectivity index (χ0v) is 15.4. The first-order valence-electron chi connectivity index (χ1n) is 7.57. The topological polar surface area (TPSA) is 77.0 Å². The summed E-state index contributed by atoms with van der Waals surface area (Å²) >= 11 is 2.84. The number of hydrogen-bond donors (Lipinski definition) is 1. The van der Waals surface area contributed by atoms with Gasteiger partial charge >= 0.3 is 5.97 Å². The van der Waals surface area contributed by atoms with Gasteiger partial charge in [0.25, 0.3) is 0 Å². The number of aromatic nitrogens is 3. The maximum absolute atomic E-state index is 12.1. The fraction of sp³-hybridized carbons (Fsp3) is 0.176. The average molecular weight is 372 g/mol. The van der Waals surface area contributed by atoms with Crippen molar-refractivity contribution >= 4 is 40.0 Å². The van der Waals surface area contributed by atoms with E-state index < -0.39 is 5.97 Å². The van der Waals surface area contributed by atoms with E-state index in [-0.39, 0.29) is 12.2 Å². The van der Waals surface area contributed by atoms with Crippen LogP contribution in [0, 0.1) is 0 Å². The summed E-state index contributed by atoms with van der Waals surface area (Å²) in [6, 6.07) is 9.90. The van der Waals surface area contributed by atoms with Crippen molar-refractivity contribution in [2.24, 2.45) is 0 Å². The molecule has 0 aliphatic heterocycles. The highest BCUT2D eigenvalue weighted by Crippen LogP contribution is 2.28. The third-order valence-electron chi connectivity index (χ3n) is 3.24. The Morgan fingerprint density at radius 2 is 2.08 bits per heavy atom. The molecule has 8 heteroatoms. The Labute approximate surface area is 153 Å². The van der Waals surface area contributed by atoms with Crippen molar-refractivity contribution in [3.63, 3.8) is 0 Å². The summed E-state index contributed by atoms with van der Waals surface area (Å²) in [5.74, 6) is -0.0655. The zero-order valence-electron chi connectivity index (χ0n) is 13.7. The van der Waals surface area contributed by atoms with Crippen molar-refractivity contribution in [3.05, 3.63) is 47.5 Å². The van der Waals surface area contributed by atoms with Gasteiger partial charge in [0, 0.05) is 17.1 Å². The third-order valence-corrected chi connectivity index (χ3v) is 4.56. The van der Waals surface area contributed by atoms with Crippen molar-refractivity contribution < 1.29 is 9.53 Å². The molecule has 3 rings (SSSR count). The molecule has 0 aliphatic carbocycles. The van der Waals surface area contributed by atoms with Crippen LogP contribution in [0.2, 0.25) is 0 Å². The molecule has 0 unspecified atom stereocenters. The number of ether oxygens (including phenoxy) is 1. The van der Waals surface area contributed by atoms with E-state index in [1.54, 1.807) is 6.92 Å². The SMILES string of the molecule is CCOC(=O)c1cnc(SC)nc1Nc1nc(-c2ccccc2)cs1. The number of benzene rings is 1. The Morgan fingerprint density at radius 3 is 2.80 bits per heavy atom. The van der Waals surface area contributed by atoms with Gasteiger partial charge in [-0.05, 0) is 13.2 Å². The standard InChI is InChI=1S/C17H16N4O2S2/c1-3-23-15(22)12-9-18-16(24-2)20-14(12)21-17-19-13(10-25-17)11-7-5-4-6-8-11/h4-10H,3H2,1-2H3,(H,18,19,20,21). The first kappa shape index (κ1) is 17.4. The monoisotopic (exact) mass is 372 g/mol. The van der Waals surface area contributed by atoms with Gasteiger partial charge in [0.05, 0.1) is 12.3 Å². The molecule has 0 atom stereocenters. The minimum Gasteiger partial charge on any atom is -0.462 e. The second kappa shape index (κ2) is 8.09. The van der Waals surface area contributed by atoms with Gasteiger partial charge in [0.15, 0.2) is 16.1 Å². The van der Waals surface area contributed by atoms with Gasteiger partial charge in [-0.1, -0.05) is 42.1 Å². The number of anilines is 2. The quantitative estimate of drug-likeness (QED) is 0.394. The van der Waals surface area contributed by atoms with E-state index in [1.807, 2.05) is 42.0 Å². The molecular weight excluding hydrogens is 356 g/mol. The molecule has 128 valence electrons. The molecule has 1 N–H and O–H groups in total. The molecule has 6 nitrogen and oxygen atoms in total. The number of esters is 1. The Kier molecular flexibility index (Phi) is 5.62. The summed E-state index contributed by atoms with van der Waals surface area (Å²) in [5, 5.41) is 6.29. The van der Waals surface area contributed by atoms with Crippen LogP contribution in [0.15, 0.2) is 47.1 Å². The summed E-state index contributed by atoms with van der Waals surface area (Å²) in [4.78, 5) is 25.2. The minimum atomic E-state index is -0.461. The maximum Gasteiger partial charge on any atom is 0.343 e. The van der Waals surface area contributed by atoms with Gasteiger partial charge < -0.3 is 10.1 Å². The predicted octanol–water partition coefficient (Wildman–Crippen LogP) is 4.24. The Bertz CT molecular complexity index is 868. The number of thioether (sulfide) groups is 1. The molecule has 0 spiro atoms. The van der Waals surface area contributed by atoms with Crippen LogP contribution in [0.1, 0.15) is 17.3 Å². The zero-order chi connectivity index (χ0) is 17.6. The van der Waals surface area contributed by atoms with E-state index in [0.29, 0.717) is 16.1 Å². The summed E-state index contributed by atoms with van der Waals surface area (Å²) < 4.78 is 5.07. The molecule has 0 saturated heterocycles. The van der Waals surface area contributed by atoms with Crippen LogP contribution in [0.4, 0.5) is 10.9 Å². The van der Waals surface area contributed by atoms with Gasteiger partial charge in [-0.2, -0.15) is 0 Å². The van der Waals surface area contributed by atoms with Crippen molar-refractivity contribution in [2.45, 2.75) is 12.1 Å². The summed E-state index contributed by atoms with van der Waals surface area (Å²) in [6.07, 6.45) is 3.35. The van der Waals surface area contributed by atoms with Crippen molar-refractivity contribution in [2.75, 3.05) is 18.2 Å². The molecule has 2 aromatic heterocycles. The second-order valence-corrected chi connectivity index (χ2v) is 6.50. The van der Waals surface area contributed by atoms with Gasteiger partial charge in [0.2, 0.25) is 0 Å². The fourth-order valence-electron chi connectivity index (χ4n) is 2.09. The number of carbonyl (C=O) groups is 1. The highest BCUT2D eigenvalue weighted by Gasteiger charge is 2.17. The van der Waals surface area contributed by atoms with Gasteiger partial charge in [-0.25, -0.2) is 19.7 Å². The molecule has 0 aliphatic rings. The maximum atomic E-state index is 12.1. The van der Waals surface area contributed by atoms with E-state index in [9.17, 15) is 4.79 Å². The highest BCUT2D eigenvalue weighted by atomic mass is 32.2. The molecule has 25 heavy (non-hydrogen) atoms. The number of rotatable bonds is 6. The fourth-order valence-corrected chi connectivity index (χ4v) is 3.15. The Balaban J connectivity index is 1.89. The molecular formula is C17H16N4O2S2. The van der Waals surface area contributed by atoms with E-state index in [0.717, 1.165) is 11.3 Å². The molecule has 0 saturated carbocycles. The normalized spacial score (nSPS) is 10.5. The van der Waals surface area contributed by atoms with Crippen molar-refractivity contribution in [3.8, 4) is 11.3 Å². The van der Waals surface area contributed by atoms with Gasteiger partial charge in [-0.3, -0.25) is 0 Å². The molecule has 2 heterocycles. The van der Waals surface area contributed by atoms with Crippen LogP contribution in [0.25, 0.3) is 11.3 Å². The van der Waals surface area contributed by atoms with Crippen LogP contribution in [-0.4, -0.2) is 33.8 Å². The molecule has 0 radical (unpaired) electrons. The molecule has 0 fully saturated rings. The first-order chi connectivity index (χ1) is 12.2. The lowest BCUT2D eigenvalue weighted by atomic mass is 10.2. The van der Waals surface area contributed by atoms with E-state index in [4.69, 9.17) is 4.74 Å². The van der Waals surface area contributed by atoms with Crippen LogP contribution in [0.5, 0.6) is 0 Å². The largest absolute Gasteiger partial charge is 0.462 e. The second-order valence-electron chi connectivity index (χ2n) is 4.87. The van der Waals surface area contributed by atoms with E-state index >= 15 is 0 Å². The Morgan fingerprint density at radius 1 is 1.28 bits per heavy atom. The summed E-state index contributed by atoms with van der Waals surface area (Å²) in [5.41, 5.74) is 2.19. The predicted molar refractivity (Wildman–Crippen MR) is 101 cm³/mol. The van der Waals surface area contributed by atoms with Gasteiger partial charge in [-0.15, -0.1) is 11.3 Å². The van der Waals surface area contributed by atoms with Crippen LogP contribution < -0.4 is 5.32 Å². The molecule has 1 aromatic carbocycles. The third kappa shape index (κ3) is 4.15. The summed E-state index contributed by atoms with van der Waals surface area (Å²) in [7, 11) is 0. The number of nitrogens with zero attached hydrogens (tertiary/aromatic N) is 3. The highest BCUT2D eigenvalue weighted by molar-refractivity contribution is 7.98.